The quantitative estimate of drug-likeness (QED) is 0.871. The minimum Gasteiger partial charge on any atom is -0.479 e. The minimum absolute atomic E-state index is 0.295. The van der Waals surface area contributed by atoms with Gasteiger partial charge in [-0.25, -0.2) is 9.48 Å². The summed E-state index contributed by atoms with van der Waals surface area (Å²) in [6.45, 7) is 1.46. The predicted octanol–water partition coefficient (Wildman–Crippen LogP) is 1.72. The van der Waals surface area contributed by atoms with Gasteiger partial charge in [-0.1, -0.05) is 18.2 Å². The summed E-state index contributed by atoms with van der Waals surface area (Å²) in [4.78, 5) is 10.6. The van der Waals surface area contributed by atoms with Crippen molar-refractivity contribution >= 4 is 5.97 Å². The summed E-state index contributed by atoms with van der Waals surface area (Å²) in [7, 11) is 0. The molecule has 5 nitrogen and oxygen atoms in total. The van der Waals surface area contributed by atoms with Crippen molar-refractivity contribution in [2.75, 3.05) is 0 Å². The van der Waals surface area contributed by atoms with Gasteiger partial charge in [0.05, 0.1) is 5.69 Å². The summed E-state index contributed by atoms with van der Waals surface area (Å²) in [6.07, 6.45) is 0.813. The van der Waals surface area contributed by atoms with Gasteiger partial charge in [0.2, 0.25) is 5.88 Å². The summed E-state index contributed by atoms with van der Waals surface area (Å²) >= 11 is 0. The topological polar surface area (TPSA) is 64.4 Å². The normalized spacial score (nSPS) is 12.1. The maximum atomic E-state index is 10.6. The van der Waals surface area contributed by atoms with Crippen molar-refractivity contribution in [3.8, 4) is 11.6 Å². The lowest BCUT2D eigenvalue weighted by Gasteiger charge is -2.06. The maximum Gasteiger partial charge on any atom is 0.344 e. The zero-order chi connectivity index (χ0) is 12.3. The van der Waals surface area contributed by atoms with E-state index in [1.807, 2.05) is 30.3 Å². The van der Waals surface area contributed by atoms with Crippen LogP contribution in [-0.4, -0.2) is 27.0 Å². The maximum absolute atomic E-state index is 10.6. The van der Waals surface area contributed by atoms with Gasteiger partial charge in [-0.3, -0.25) is 0 Å². The lowest BCUT2D eigenvalue weighted by Crippen LogP contribution is -2.23. The molecular weight excluding hydrogens is 220 g/mol. The zero-order valence-corrected chi connectivity index (χ0v) is 9.28. The predicted molar refractivity (Wildman–Crippen MR) is 61.3 cm³/mol. The first-order chi connectivity index (χ1) is 8.16. The van der Waals surface area contributed by atoms with Crippen LogP contribution >= 0.6 is 0 Å². The molecule has 1 N–H and O–H groups in total. The Labute approximate surface area is 98.3 Å². The van der Waals surface area contributed by atoms with Crippen LogP contribution in [0, 0.1) is 0 Å². The Morgan fingerprint density at radius 3 is 2.71 bits per heavy atom. The Balaban J connectivity index is 2.14. The summed E-state index contributed by atoms with van der Waals surface area (Å²) < 4.78 is 6.78. The van der Waals surface area contributed by atoms with Crippen LogP contribution in [0.4, 0.5) is 0 Å². The largest absolute Gasteiger partial charge is 0.479 e. The van der Waals surface area contributed by atoms with E-state index in [9.17, 15) is 4.79 Å². The molecule has 1 heterocycles. The zero-order valence-electron chi connectivity index (χ0n) is 9.28. The van der Waals surface area contributed by atoms with Gasteiger partial charge in [-0.15, -0.1) is 5.10 Å². The molecule has 88 valence electrons. The van der Waals surface area contributed by atoms with Crippen molar-refractivity contribution in [2.24, 2.45) is 0 Å². The Morgan fingerprint density at radius 2 is 2.06 bits per heavy atom. The highest BCUT2D eigenvalue weighted by Crippen LogP contribution is 2.12. The van der Waals surface area contributed by atoms with E-state index in [0.29, 0.717) is 5.88 Å². The summed E-state index contributed by atoms with van der Waals surface area (Å²) in [5, 5.41) is 12.8. The second-order valence-corrected chi connectivity index (χ2v) is 3.53. The van der Waals surface area contributed by atoms with Gasteiger partial charge in [-0.05, 0) is 19.1 Å². The molecule has 0 saturated heterocycles. The second kappa shape index (κ2) is 4.69. The first-order valence-electron chi connectivity index (χ1n) is 5.17. The molecular formula is C12H12N2O3. The molecule has 0 bridgehead atoms. The molecule has 1 unspecified atom stereocenters. The van der Waals surface area contributed by atoms with Crippen molar-refractivity contribution in [3.63, 3.8) is 0 Å². The molecule has 0 aliphatic rings. The van der Waals surface area contributed by atoms with Crippen LogP contribution in [0.25, 0.3) is 5.69 Å². The molecule has 0 amide bonds. The molecule has 1 aromatic heterocycles. The number of carboxylic acid groups (broad SMARTS) is 1. The second-order valence-electron chi connectivity index (χ2n) is 3.53. The van der Waals surface area contributed by atoms with Crippen LogP contribution in [0.15, 0.2) is 42.6 Å². The number of para-hydroxylation sites is 1. The van der Waals surface area contributed by atoms with Crippen molar-refractivity contribution in [2.45, 2.75) is 13.0 Å². The third kappa shape index (κ3) is 2.63. The molecule has 0 fully saturated rings. The van der Waals surface area contributed by atoms with Gasteiger partial charge in [0.25, 0.3) is 0 Å². The number of nitrogens with zero attached hydrogens (tertiary/aromatic N) is 2. The first-order valence-corrected chi connectivity index (χ1v) is 5.17. The van der Waals surface area contributed by atoms with Crippen LogP contribution in [0.3, 0.4) is 0 Å². The van der Waals surface area contributed by atoms with Crippen LogP contribution in [0.1, 0.15) is 6.92 Å². The molecule has 17 heavy (non-hydrogen) atoms. The van der Waals surface area contributed by atoms with E-state index < -0.39 is 12.1 Å². The van der Waals surface area contributed by atoms with Crippen molar-refractivity contribution in [1.29, 1.82) is 0 Å². The van der Waals surface area contributed by atoms with Gasteiger partial charge < -0.3 is 9.84 Å². The lowest BCUT2D eigenvalue weighted by atomic mass is 10.3. The number of carboxylic acids is 1. The number of hydrogen-bond acceptors (Lipinski definition) is 3. The van der Waals surface area contributed by atoms with E-state index in [4.69, 9.17) is 9.84 Å². The fourth-order valence-corrected chi connectivity index (χ4v) is 1.33. The molecule has 0 aliphatic carbocycles. The first kappa shape index (κ1) is 11.2. The van der Waals surface area contributed by atoms with Crippen molar-refractivity contribution in [1.82, 2.24) is 9.78 Å². The Bertz CT molecular complexity index is 507. The van der Waals surface area contributed by atoms with Gasteiger partial charge in [0, 0.05) is 12.3 Å². The number of benzene rings is 1. The van der Waals surface area contributed by atoms with E-state index in [1.165, 1.54) is 6.92 Å². The molecule has 1 aromatic carbocycles. The Kier molecular flexibility index (Phi) is 3.09. The van der Waals surface area contributed by atoms with Crippen LogP contribution < -0.4 is 4.74 Å². The van der Waals surface area contributed by atoms with Crippen LogP contribution in [0.2, 0.25) is 0 Å². The standard InChI is InChI=1S/C12H12N2O3/c1-9(12(15)16)17-11-7-8-14(13-11)10-5-3-2-4-6-10/h2-9H,1H3,(H,15,16). The molecule has 5 heteroatoms. The fraction of sp³-hybridized carbons (Fsp3) is 0.167. The van der Waals surface area contributed by atoms with E-state index in [0.717, 1.165) is 5.69 Å². The summed E-state index contributed by atoms with van der Waals surface area (Å²) in [5.41, 5.74) is 0.894. The number of hydrogen-bond donors (Lipinski definition) is 1. The highest BCUT2D eigenvalue weighted by Gasteiger charge is 2.13. The van der Waals surface area contributed by atoms with E-state index in [-0.39, 0.29) is 0 Å². The van der Waals surface area contributed by atoms with Crippen molar-refractivity contribution in [3.05, 3.63) is 42.6 Å². The number of aromatic nitrogens is 2. The third-order valence-electron chi connectivity index (χ3n) is 2.23. The summed E-state index contributed by atoms with van der Waals surface area (Å²) in [5.74, 6) is -0.719. The number of aliphatic carboxylic acids is 1. The van der Waals surface area contributed by atoms with E-state index >= 15 is 0 Å². The highest BCUT2D eigenvalue weighted by molar-refractivity contribution is 5.72. The van der Waals surface area contributed by atoms with E-state index in [1.54, 1.807) is 16.9 Å². The third-order valence-corrected chi connectivity index (χ3v) is 2.23. The molecule has 1 atom stereocenters. The van der Waals surface area contributed by atoms with Gasteiger partial charge >= 0.3 is 5.97 Å². The number of carbonyl (C=O) groups is 1. The van der Waals surface area contributed by atoms with Gasteiger partial charge in [-0.2, -0.15) is 0 Å². The summed E-state index contributed by atoms with van der Waals surface area (Å²) in [6, 6.07) is 11.1. The monoisotopic (exact) mass is 232 g/mol. The molecule has 0 radical (unpaired) electrons. The lowest BCUT2D eigenvalue weighted by molar-refractivity contribution is -0.144. The van der Waals surface area contributed by atoms with Gasteiger partial charge in [0.1, 0.15) is 0 Å². The SMILES string of the molecule is CC(Oc1ccn(-c2ccccc2)n1)C(=O)O. The number of rotatable bonds is 4. The molecule has 2 aromatic rings. The molecule has 0 aliphatic heterocycles. The average Bonchev–Trinajstić information content (AvgIpc) is 2.78. The van der Waals surface area contributed by atoms with Gasteiger partial charge in [0.15, 0.2) is 6.10 Å². The molecule has 0 saturated carbocycles. The molecule has 0 spiro atoms. The van der Waals surface area contributed by atoms with Crippen LogP contribution in [0.5, 0.6) is 5.88 Å². The van der Waals surface area contributed by atoms with Crippen LogP contribution in [-0.2, 0) is 4.79 Å². The molecule has 2 rings (SSSR count). The fourth-order valence-electron chi connectivity index (χ4n) is 1.33. The Hall–Kier alpha value is -2.30. The average molecular weight is 232 g/mol. The highest BCUT2D eigenvalue weighted by atomic mass is 16.5. The Morgan fingerprint density at radius 1 is 1.35 bits per heavy atom. The smallest absolute Gasteiger partial charge is 0.344 e. The minimum atomic E-state index is -1.01. The van der Waals surface area contributed by atoms with Crippen molar-refractivity contribution < 1.29 is 14.6 Å². The number of ether oxygens (including phenoxy) is 1. The van der Waals surface area contributed by atoms with E-state index in [2.05, 4.69) is 5.10 Å².